The average molecular weight is 345 g/mol. The van der Waals surface area contributed by atoms with Crippen molar-refractivity contribution < 1.29 is 4.74 Å². The zero-order chi connectivity index (χ0) is 18.5. The lowest BCUT2D eigenvalue weighted by Gasteiger charge is -2.10. The summed E-state index contributed by atoms with van der Waals surface area (Å²) in [6, 6.07) is 17.7. The molecule has 5 nitrogen and oxygen atoms in total. The Morgan fingerprint density at radius 3 is 2.65 bits per heavy atom. The average Bonchev–Trinajstić information content (AvgIpc) is 2.65. The van der Waals surface area contributed by atoms with Crippen molar-refractivity contribution in [3.8, 4) is 17.2 Å². The molecule has 0 bridgehead atoms. The Morgan fingerprint density at radius 1 is 1.19 bits per heavy atom. The highest BCUT2D eigenvalue weighted by atomic mass is 16.5. The first-order chi connectivity index (χ1) is 12.6. The summed E-state index contributed by atoms with van der Waals surface area (Å²) >= 11 is 0. The second-order valence-corrected chi connectivity index (χ2v) is 6.04. The van der Waals surface area contributed by atoms with Crippen molar-refractivity contribution in [3.05, 3.63) is 87.1 Å². The summed E-state index contributed by atoms with van der Waals surface area (Å²) in [6.07, 6.45) is 0.394. The molecule has 0 unspecified atom stereocenters. The molecule has 0 atom stereocenters. The Morgan fingerprint density at radius 2 is 1.96 bits per heavy atom. The fourth-order valence-electron chi connectivity index (χ4n) is 2.97. The van der Waals surface area contributed by atoms with Crippen LogP contribution in [0, 0.1) is 18.3 Å². The van der Waals surface area contributed by atoms with Crippen LogP contribution < -0.4 is 5.56 Å². The number of methoxy groups -OCH3 is 1. The standard InChI is InChI=1S/C21H19N3O2/c1-14-23-20(13-26-2)19(21(25)24-14)11-15-8-9-18(17(10-15)12-22)16-6-4-3-5-7-16/h3-10H,11,13H2,1-2H3,(H,23,24,25). The molecule has 0 radical (unpaired) electrons. The van der Waals surface area contributed by atoms with Gasteiger partial charge in [0.05, 0.1) is 23.9 Å². The van der Waals surface area contributed by atoms with Gasteiger partial charge in [-0.15, -0.1) is 0 Å². The van der Waals surface area contributed by atoms with Gasteiger partial charge in [0.15, 0.2) is 0 Å². The number of aryl methyl sites for hydroxylation is 1. The molecule has 3 aromatic rings. The van der Waals surface area contributed by atoms with Gasteiger partial charge in [0.2, 0.25) is 0 Å². The zero-order valence-corrected chi connectivity index (χ0v) is 14.7. The van der Waals surface area contributed by atoms with E-state index in [1.54, 1.807) is 14.0 Å². The van der Waals surface area contributed by atoms with Crippen LogP contribution in [0.3, 0.4) is 0 Å². The number of nitriles is 1. The maximum Gasteiger partial charge on any atom is 0.254 e. The number of aromatic amines is 1. The highest BCUT2D eigenvalue weighted by molar-refractivity contribution is 5.71. The van der Waals surface area contributed by atoms with E-state index in [9.17, 15) is 10.1 Å². The zero-order valence-electron chi connectivity index (χ0n) is 14.7. The molecule has 130 valence electrons. The summed E-state index contributed by atoms with van der Waals surface area (Å²) in [7, 11) is 1.57. The summed E-state index contributed by atoms with van der Waals surface area (Å²) in [5.74, 6) is 0.558. The third-order valence-electron chi connectivity index (χ3n) is 4.17. The van der Waals surface area contributed by atoms with E-state index in [-0.39, 0.29) is 12.2 Å². The highest BCUT2D eigenvalue weighted by Gasteiger charge is 2.13. The molecule has 0 aliphatic rings. The van der Waals surface area contributed by atoms with Gasteiger partial charge in [-0.25, -0.2) is 4.98 Å². The number of rotatable bonds is 5. The molecule has 1 aromatic heterocycles. The number of benzene rings is 2. The van der Waals surface area contributed by atoms with Gasteiger partial charge in [-0.05, 0) is 29.7 Å². The predicted molar refractivity (Wildman–Crippen MR) is 99.7 cm³/mol. The van der Waals surface area contributed by atoms with Crippen LogP contribution >= 0.6 is 0 Å². The summed E-state index contributed by atoms with van der Waals surface area (Å²) in [5, 5.41) is 9.55. The van der Waals surface area contributed by atoms with E-state index in [2.05, 4.69) is 16.0 Å². The molecule has 0 spiro atoms. The van der Waals surface area contributed by atoms with Crippen LogP contribution in [-0.2, 0) is 17.8 Å². The molecule has 1 N–H and O–H groups in total. The second-order valence-electron chi connectivity index (χ2n) is 6.04. The van der Waals surface area contributed by atoms with E-state index in [1.165, 1.54) is 0 Å². The molecule has 0 aliphatic carbocycles. The summed E-state index contributed by atoms with van der Waals surface area (Å²) in [4.78, 5) is 19.5. The Hall–Kier alpha value is -3.23. The minimum atomic E-state index is -0.171. The van der Waals surface area contributed by atoms with Gasteiger partial charge in [-0.3, -0.25) is 4.79 Å². The van der Waals surface area contributed by atoms with Crippen molar-refractivity contribution in [3.63, 3.8) is 0 Å². The van der Waals surface area contributed by atoms with E-state index in [1.807, 2.05) is 48.5 Å². The van der Waals surface area contributed by atoms with Gasteiger partial charge in [0, 0.05) is 19.1 Å². The smallest absolute Gasteiger partial charge is 0.254 e. The van der Waals surface area contributed by atoms with Gasteiger partial charge in [0.25, 0.3) is 5.56 Å². The highest BCUT2D eigenvalue weighted by Crippen LogP contribution is 2.25. The molecule has 0 aliphatic heterocycles. The topological polar surface area (TPSA) is 78.8 Å². The quantitative estimate of drug-likeness (QED) is 0.769. The van der Waals surface area contributed by atoms with Crippen molar-refractivity contribution in [2.45, 2.75) is 20.0 Å². The first-order valence-corrected chi connectivity index (χ1v) is 8.28. The fraction of sp³-hybridized carbons (Fsp3) is 0.190. The molecule has 0 amide bonds. The summed E-state index contributed by atoms with van der Waals surface area (Å²) < 4.78 is 5.17. The molecule has 2 aromatic carbocycles. The Balaban J connectivity index is 2.00. The number of ether oxygens (including phenoxy) is 1. The molecular formula is C21H19N3O2. The van der Waals surface area contributed by atoms with Crippen molar-refractivity contribution in [1.29, 1.82) is 5.26 Å². The van der Waals surface area contributed by atoms with E-state index >= 15 is 0 Å². The van der Waals surface area contributed by atoms with Gasteiger partial charge in [0.1, 0.15) is 5.82 Å². The van der Waals surface area contributed by atoms with Crippen LogP contribution in [0.1, 0.15) is 28.2 Å². The summed E-state index contributed by atoms with van der Waals surface area (Å²) in [6.45, 7) is 2.01. The van der Waals surface area contributed by atoms with Crippen LogP contribution in [0.2, 0.25) is 0 Å². The second kappa shape index (κ2) is 7.77. The largest absolute Gasteiger partial charge is 0.378 e. The lowest BCUT2D eigenvalue weighted by Crippen LogP contribution is -2.20. The summed E-state index contributed by atoms with van der Waals surface area (Å²) in [5.41, 5.74) is 4.35. The lowest BCUT2D eigenvalue weighted by molar-refractivity contribution is 0.180. The van der Waals surface area contributed by atoms with Gasteiger partial charge < -0.3 is 9.72 Å². The number of nitrogens with zero attached hydrogens (tertiary/aromatic N) is 2. The Bertz CT molecular complexity index is 1020. The number of aromatic nitrogens is 2. The van der Waals surface area contributed by atoms with Crippen molar-refractivity contribution in [1.82, 2.24) is 9.97 Å². The van der Waals surface area contributed by atoms with Crippen LogP contribution in [0.15, 0.2) is 53.3 Å². The third kappa shape index (κ3) is 3.71. The number of hydrogen-bond donors (Lipinski definition) is 1. The van der Waals surface area contributed by atoms with Crippen molar-refractivity contribution in [2.24, 2.45) is 0 Å². The van der Waals surface area contributed by atoms with Gasteiger partial charge in [-0.1, -0.05) is 42.5 Å². The minimum absolute atomic E-state index is 0.171. The molecule has 0 fully saturated rings. The molecule has 0 saturated heterocycles. The van der Waals surface area contributed by atoms with E-state index in [0.29, 0.717) is 29.1 Å². The van der Waals surface area contributed by atoms with E-state index < -0.39 is 0 Å². The van der Waals surface area contributed by atoms with Crippen LogP contribution in [0.25, 0.3) is 11.1 Å². The Labute approximate surface area is 151 Å². The fourth-order valence-corrected chi connectivity index (χ4v) is 2.97. The maximum absolute atomic E-state index is 12.4. The molecule has 3 rings (SSSR count). The molecule has 1 heterocycles. The van der Waals surface area contributed by atoms with E-state index in [0.717, 1.165) is 16.7 Å². The maximum atomic E-state index is 12.4. The van der Waals surface area contributed by atoms with Gasteiger partial charge in [-0.2, -0.15) is 5.26 Å². The van der Waals surface area contributed by atoms with Crippen molar-refractivity contribution >= 4 is 0 Å². The monoisotopic (exact) mass is 345 g/mol. The number of hydrogen-bond acceptors (Lipinski definition) is 4. The number of H-pyrrole nitrogens is 1. The minimum Gasteiger partial charge on any atom is -0.378 e. The van der Waals surface area contributed by atoms with Crippen LogP contribution in [0.5, 0.6) is 0 Å². The molecule has 5 heteroatoms. The van der Waals surface area contributed by atoms with Crippen LogP contribution in [-0.4, -0.2) is 17.1 Å². The third-order valence-corrected chi connectivity index (χ3v) is 4.17. The molecule has 0 saturated carbocycles. The normalized spacial score (nSPS) is 10.5. The van der Waals surface area contributed by atoms with E-state index in [4.69, 9.17) is 4.74 Å². The van der Waals surface area contributed by atoms with Gasteiger partial charge >= 0.3 is 0 Å². The van der Waals surface area contributed by atoms with Crippen LogP contribution in [0.4, 0.5) is 0 Å². The predicted octanol–water partition coefficient (Wildman–Crippen LogP) is 3.35. The molecule has 26 heavy (non-hydrogen) atoms. The lowest BCUT2D eigenvalue weighted by atomic mass is 9.95. The SMILES string of the molecule is COCc1nc(C)[nH]c(=O)c1Cc1ccc(-c2ccccc2)c(C#N)c1. The first-order valence-electron chi connectivity index (χ1n) is 8.28. The molecular weight excluding hydrogens is 326 g/mol. The first kappa shape index (κ1) is 17.6. The van der Waals surface area contributed by atoms with Crippen molar-refractivity contribution in [2.75, 3.05) is 7.11 Å². The Kier molecular flexibility index (Phi) is 5.26. The number of nitrogens with one attached hydrogen (secondary N) is 1.